The van der Waals surface area contributed by atoms with Crippen molar-refractivity contribution < 1.29 is 23.6 Å². The Morgan fingerprint density at radius 1 is 1.29 bits per heavy atom. The predicted molar refractivity (Wildman–Crippen MR) is 113 cm³/mol. The van der Waals surface area contributed by atoms with E-state index in [1.165, 1.54) is 0 Å². The maximum absolute atomic E-state index is 12.3. The van der Waals surface area contributed by atoms with Gasteiger partial charge in [-0.3, -0.25) is 9.59 Å². The molecule has 6 nitrogen and oxygen atoms in total. The SMILES string of the molecule is CC(C)(C)OC(=O)C[C@H](CCCOCc1ccccc1)c1noc(C=O)c1I. The summed E-state index contributed by atoms with van der Waals surface area (Å²) < 4.78 is 16.9. The van der Waals surface area contributed by atoms with Crippen LogP contribution < -0.4 is 0 Å². The van der Waals surface area contributed by atoms with Crippen molar-refractivity contribution in [1.82, 2.24) is 5.16 Å². The summed E-state index contributed by atoms with van der Waals surface area (Å²) >= 11 is 2.03. The minimum absolute atomic E-state index is 0.177. The lowest BCUT2D eigenvalue weighted by molar-refractivity contribution is -0.155. The predicted octanol–water partition coefficient (Wildman–Crippen LogP) is 4.90. The van der Waals surface area contributed by atoms with Gasteiger partial charge in [-0.05, 0) is 61.8 Å². The maximum atomic E-state index is 12.3. The Morgan fingerprint density at radius 2 is 2.00 bits per heavy atom. The highest BCUT2D eigenvalue weighted by molar-refractivity contribution is 14.1. The largest absolute Gasteiger partial charge is 0.460 e. The molecule has 1 heterocycles. The number of carbonyl (C=O) groups is 2. The van der Waals surface area contributed by atoms with Gasteiger partial charge < -0.3 is 14.0 Å². The van der Waals surface area contributed by atoms with Crippen LogP contribution >= 0.6 is 22.6 Å². The van der Waals surface area contributed by atoms with Crippen LogP contribution in [0.25, 0.3) is 0 Å². The summed E-state index contributed by atoms with van der Waals surface area (Å²) in [5, 5.41) is 4.02. The Morgan fingerprint density at radius 3 is 2.61 bits per heavy atom. The molecule has 28 heavy (non-hydrogen) atoms. The van der Waals surface area contributed by atoms with E-state index < -0.39 is 5.60 Å². The van der Waals surface area contributed by atoms with Gasteiger partial charge in [0, 0.05) is 12.5 Å². The van der Waals surface area contributed by atoms with Crippen LogP contribution in [0.2, 0.25) is 0 Å². The molecule has 0 aliphatic carbocycles. The van der Waals surface area contributed by atoms with Crippen LogP contribution in [0.3, 0.4) is 0 Å². The van der Waals surface area contributed by atoms with E-state index >= 15 is 0 Å². The number of benzene rings is 1. The number of halogens is 1. The first kappa shape index (κ1) is 22.5. The average molecular weight is 499 g/mol. The number of carbonyl (C=O) groups excluding carboxylic acids is 2. The number of hydrogen-bond acceptors (Lipinski definition) is 6. The number of aromatic nitrogens is 1. The van der Waals surface area contributed by atoms with Crippen LogP contribution in [-0.4, -0.2) is 29.6 Å². The highest BCUT2D eigenvalue weighted by Crippen LogP contribution is 2.30. The summed E-state index contributed by atoms with van der Waals surface area (Å²) in [4.78, 5) is 23.4. The zero-order valence-corrected chi connectivity index (χ0v) is 18.6. The molecular weight excluding hydrogens is 473 g/mol. The van der Waals surface area contributed by atoms with Crippen LogP contribution in [0.4, 0.5) is 0 Å². The molecule has 0 aliphatic heterocycles. The summed E-state index contributed by atoms with van der Waals surface area (Å²) in [7, 11) is 0. The normalized spacial score (nSPS) is 12.6. The zero-order chi connectivity index (χ0) is 20.6. The second kappa shape index (κ2) is 10.7. The van der Waals surface area contributed by atoms with Gasteiger partial charge >= 0.3 is 5.97 Å². The second-order valence-corrected chi connectivity index (χ2v) is 8.61. The molecule has 0 aliphatic rings. The summed E-state index contributed by atoms with van der Waals surface area (Å²) in [6.45, 7) is 6.62. The van der Waals surface area contributed by atoms with Crippen molar-refractivity contribution in [3.05, 3.63) is 50.9 Å². The molecule has 2 rings (SSSR count). The Bertz CT molecular complexity index is 767. The van der Waals surface area contributed by atoms with Crippen LogP contribution in [0, 0.1) is 3.57 Å². The van der Waals surface area contributed by atoms with Crippen molar-refractivity contribution in [3.8, 4) is 0 Å². The van der Waals surface area contributed by atoms with Gasteiger partial charge in [-0.15, -0.1) is 0 Å². The van der Waals surface area contributed by atoms with E-state index in [2.05, 4.69) is 5.16 Å². The van der Waals surface area contributed by atoms with Crippen molar-refractivity contribution >= 4 is 34.8 Å². The molecule has 0 bridgehead atoms. The molecule has 152 valence electrons. The minimum Gasteiger partial charge on any atom is -0.460 e. The third kappa shape index (κ3) is 7.35. The van der Waals surface area contributed by atoms with E-state index in [9.17, 15) is 9.59 Å². The number of hydrogen-bond donors (Lipinski definition) is 0. The molecular formula is C21H26INO5. The summed E-state index contributed by atoms with van der Waals surface area (Å²) in [5.41, 5.74) is 1.19. The van der Waals surface area contributed by atoms with Crippen molar-refractivity contribution in [2.45, 2.75) is 58.2 Å². The smallest absolute Gasteiger partial charge is 0.306 e. The van der Waals surface area contributed by atoms with Gasteiger partial charge in [0.1, 0.15) is 11.3 Å². The van der Waals surface area contributed by atoms with Crippen molar-refractivity contribution in [2.75, 3.05) is 6.61 Å². The summed E-state index contributed by atoms with van der Waals surface area (Å²) in [6.07, 6.45) is 2.23. The molecule has 1 aromatic carbocycles. The molecule has 0 spiro atoms. The minimum atomic E-state index is -0.550. The lowest BCUT2D eigenvalue weighted by atomic mass is 9.95. The molecule has 0 saturated heterocycles. The van der Waals surface area contributed by atoms with Crippen molar-refractivity contribution in [2.24, 2.45) is 0 Å². The molecule has 0 saturated carbocycles. The first-order chi connectivity index (χ1) is 13.3. The van der Waals surface area contributed by atoms with Gasteiger partial charge in [-0.25, -0.2) is 0 Å². The molecule has 0 radical (unpaired) electrons. The Hall–Kier alpha value is -1.74. The molecule has 1 atom stereocenters. The first-order valence-electron chi connectivity index (χ1n) is 9.24. The third-order valence-corrected chi connectivity index (χ3v) is 5.05. The summed E-state index contributed by atoms with van der Waals surface area (Å²) in [5.74, 6) is -0.307. The molecule has 1 aromatic heterocycles. The number of aldehydes is 1. The number of nitrogens with zero attached hydrogens (tertiary/aromatic N) is 1. The van der Waals surface area contributed by atoms with Gasteiger partial charge in [0.15, 0.2) is 6.29 Å². The first-order valence-corrected chi connectivity index (χ1v) is 10.3. The molecule has 0 amide bonds. The topological polar surface area (TPSA) is 78.6 Å². The third-order valence-electron chi connectivity index (χ3n) is 3.96. The fourth-order valence-electron chi connectivity index (χ4n) is 2.75. The lowest BCUT2D eigenvalue weighted by Gasteiger charge is -2.21. The fourth-order valence-corrected chi connectivity index (χ4v) is 3.51. The van der Waals surface area contributed by atoms with Crippen LogP contribution in [-0.2, 0) is 20.9 Å². The number of rotatable bonds is 10. The lowest BCUT2D eigenvalue weighted by Crippen LogP contribution is -2.25. The van der Waals surface area contributed by atoms with E-state index in [1.54, 1.807) is 0 Å². The second-order valence-electron chi connectivity index (χ2n) is 7.53. The number of ether oxygens (including phenoxy) is 2. The van der Waals surface area contributed by atoms with Crippen molar-refractivity contribution in [3.63, 3.8) is 0 Å². The zero-order valence-electron chi connectivity index (χ0n) is 16.4. The van der Waals surface area contributed by atoms with E-state index in [0.717, 1.165) is 12.0 Å². The molecule has 0 unspecified atom stereocenters. The summed E-state index contributed by atoms with van der Waals surface area (Å²) in [6, 6.07) is 9.96. The molecule has 7 heteroatoms. The van der Waals surface area contributed by atoms with E-state index in [4.69, 9.17) is 14.0 Å². The standard InChI is InChI=1S/C21H26INO5/c1-21(2,3)27-18(25)12-16(20-19(22)17(13-24)28-23-20)10-7-11-26-14-15-8-5-4-6-9-15/h4-6,8-9,13,16H,7,10-12,14H2,1-3H3/t16-/m0/s1. The van der Waals surface area contributed by atoms with Gasteiger partial charge in [0.2, 0.25) is 5.76 Å². The Labute approximate surface area is 179 Å². The van der Waals surface area contributed by atoms with Crippen LogP contribution in [0.5, 0.6) is 0 Å². The highest BCUT2D eigenvalue weighted by Gasteiger charge is 2.27. The van der Waals surface area contributed by atoms with Crippen LogP contribution in [0.15, 0.2) is 34.9 Å². The number of esters is 1. The molecule has 2 aromatic rings. The van der Waals surface area contributed by atoms with Gasteiger partial charge in [0.25, 0.3) is 0 Å². The fraction of sp³-hybridized carbons (Fsp3) is 0.476. The highest BCUT2D eigenvalue weighted by atomic mass is 127. The average Bonchev–Trinajstić information content (AvgIpc) is 3.00. The Balaban J connectivity index is 1.94. The van der Waals surface area contributed by atoms with E-state index in [0.29, 0.717) is 35.2 Å². The van der Waals surface area contributed by atoms with E-state index in [-0.39, 0.29) is 24.1 Å². The van der Waals surface area contributed by atoms with Gasteiger partial charge in [-0.2, -0.15) is 0 Å². The maximum Gasteiger partial charge on any atom is 0.306 e. The quantitative estimate of drug-likeness (QED) is 0.200. The van der Waals surface area contributed by atoms with Gasteiger partial charge in [0.05, 0.1) is 16.6 Å². The van der Waals surface area contributed by atoms with Crippen LogP contribution in [0.1, 0.15) is 67.8 Å². The van der Waals surface area contributed by atoms with Crippen molar-refractivity contribution in [1.29, 1.82) is 0 Å². The Kier molecular flexibility index (Phi) is 8.62. The monoisotopic (exact) mass is 499 g/mol. The molecule has 0 N–H and O–H groups in total. The molecule has 0 fully saturated rings. The van der Waals surface area contributed by atoms with Gasteiger partial charge in [-0.1, -0.05) is 35.5 Å². The van der Waals surface area contributed by atoms with E-state index in [1.807, 2.05) is 73.7 Å².